The van der Waals surface area contributed by atoms with Crippen molar-refractivity contribution < 1.29 is 0 Å². The fraction of sp³-hybridized carbons (Fsp3) is 0.429. The van der Waals surface area contributed by atoms with Crippen molar-refractivity contribution in [1.29, 1.82) is 0 Å². The van der Waals surface area contributed by atoms with E-state index in [0.717, 1.165) is 46.5 Å². The molecule has 0 amide bonds. The summed E-state index contributed by atoms with van der Waals surface area (Å²) in [5.41, 5.74) is 2.20. The predicted molar refractivity (Wildman–Crippen MR) is 83.1 cm³/mol. The summed E-state index contributed by atoms with van der Waals surface area (Å²) in [4.78, 5) is 9.93. The Kier molecular flexibility index (Phi) is 5.16. The molecule has 3 nitrogen and oxygen atoms in total. The number of rotatable bonds is 6. The first-order valence-corrected chi connectivity index (χ1v) is 7.79. The Hall–Kier alpha value is -1.13. The zero-order valence-corrected chi connectivity index (χ0v) is 12.8. The van der Waals surface area contributed by atoms with E-state index in [4.69, 9.17) is 11.6 Å². The molecular weight excluding hydrogens is 278 g/mol. The second-order valence-corrected chi connectivity index (χ2v) is 6.05. The van der Waals surface area contributed by atoms with Crippen molar-refractivity contribution in [3.8, 4) is 10.6 Å². The molecule has 2 rings (SSSR count). The minimum Gasteiger partial charge on any atom is -0.370 e. The van der Waals surface area contributed by atoms with E-state index in [0.29, 0.717) is 0 Å². The smallest absolute Gasteiger partial charge is 0.133 e. The molecule has 19 heavy (non-hydrogen) atoms. The molecule has 0 atom stereocenters. The van der Waals surface area contributed by atoms with Gasteiger partial charge in [0.2, 0.25) is 0 Å². The minimum absolute atomic E-state index is 0.791. The molecule has 0 saturated heterocycles. The summed E-state index contributed by atoms with van der Waals surface area (Å²) in [5.74, 6) is 0.957. The first-order chi connectivity index (χ1) is 9.26. The standard InChI is InChI=1S/C14H18ClN3S/c1-3-5-10-13(11-6-7-12(15)19-11)17-9-18-14(10)16-8-4-2/h6-7,9H,3-5,8H2,1-2H3,(H,16,17,18). The summed E-state index contributed by atoms with van der Waals surface area (Å²) >= 11 is 7.58. The van der Waals surface area contributed by atoms with Crippen molar-refractivity contribution in [1.82, 2.24) is 9.97 Å². The molecule has 2 heterocycles. The van der Waals surface area contributed by atoms with Gasteiger partial charge in [-0.3, -0.25) is 0 Å². The highest BCUT2D eigenvalue weighted by Crippen LogP contribution is 2.34. The van der Waals surface area contributed by atoms with Gasteiger partial charge >= 0.3 is 0 Å². The SMILES string of the molecule is CCCNc1ncnc(-c2ccc(Cl)s2)c1CCC. The van der Waals surface area contributed by atoms with E-state index in [9.17, 15) is 0 Å². The first kappa shape index (κ1) is 14.3. The maximum absolute atomic E-state index is 6.02. The lowest BCUT2D eigenvalue weighted by Gasteiger charge is -2.12. The van der Waals surface area contributed by atoms with E-state index in [1.54, 1.807) is 17.7 Å². The fourth-order valence-corrected chi connectivity index (χ4v) is 3.02. The third-order valence-corrected chi connectivity index (χ3v) is 4.03. The Morgan fingerprint density at radius 1 is 1.21 bits per heavy atom. The van der Waals surface area contributed by atoms with Crippen molar-refractivity contribution in [3.05, 3.63) is 28.4 Å². The Morgan fingerprint density at radius 3 is 2.68 bits per heavy atom. The number of aromatic nitrogens is 2. The van der Waals surface area contributed by atoms with Gasteiger partial charge in [-0.1, -0.05) is 31.9 Å². The summed E-state index contributed by atoms with van der Waals surface area (Å²) in [6, 6.07) is 3.94. The molecule has 0 spiro atoms. The van der Waals surface area contributed by atoms with Crippen molar-refractivity contribution in [2.75, 3.05) is 11.9 Å². The van der Waals surface area contributed by atoms with Gasteiger partial charge in [0.1, 0.15) is 12.1 Å². The fourth-order valence-electron chi connectivity index (χ4n) is 1.95. The molecule has 0 aliphatic rings. The number of halogens is 1. The number of hydrogen-bond donors (Lipinski definition) is 1. The average molecular weight is 296 g/mol. The Morgan fingerprint density at radius 2 is 2.05 bits per heavy atom. The summed E-state index contributed by atoms with van der Waals surface area (Å²) in [6.07, 6.45) is 4.74. The molecule has 0 aliphatic carbocycles. The van der Waals surface area contributed by atoms with Gasteiger partial charge in [0.25, 0.3) is 0 Å². The van der Waals surface area contributed by atoms with Crippen molar-refractivity contribution in [2.24, 2.45) is 0 Å². The van der Waals surface area contributed by atoms with Crippen LogP contribution in [0.2, 0.25) is 4.34 Å². The predicted octanol–water partition coefficient (Wildman–Crippen LogP) is 4.63. The van der Waals surface area contributed by atoms with Crippen LogP contribution in [0.5, 0.6) is 0 Å². The highest BCUT2D eigenvalue weighted by molar-refractivity contribution is 7.19. The van der Waals surface area contributed by atoms with E-state index in [-0.39, 0.29) is 0 Å². The molecule has 2 aromatic heterocycles. The summed E-state index contributed by atoms with van der Waals surface area (Å²) < 4.78 is 0.791. The van der Waals surface area contributed by atoms with Gasteiger partial charge in [-0.25, -0.2) is 9.97 Å². The van der Waals surface area contributed by atoms with E-state index < -0.39 is 0 Å². The maximum atomic E-state index is 6.02. The highest BCUT2D eigenvalue weighted by atomic mass is 35.5. The molecule has 1 N–H and O–H groups in total. The zero-order valence-electron chi connectivity index (χ0n) is 11.2. The van der Waals surface area contributed by atoms with Crippen LogP contribution in [0.1, 0.15) is 32.3 Å². The van der Waals surface area contributed by atoms with E-state index in [2.05, 4.69) is 29.1 Å². The van der Waals surface area contributed by atoms with Crippen LogP contribution in [0.4, 0.5) is 5.82 Å². The van der Waals surface area contributed by atoms with Gasteiger partial charge in [0, 0.05) is 12.1 Å². The molecule has 0 unspecified atom stereocenters. The monoisotopic (exact) mass is 295 g/mol. The summed E-state index contributed by atoms with van der Waals surface area (Å²) in [6.45, 7) is 5.24. The number of hydrogen-bond acceptors (Lipinski definition) is 4. The highest BCUT2D eigenvalue weighted by Gasteiger charge is 2.13. The quantitative estimate of drug-likeness (QED) is 0.844. The van der Waals surface area contributed by atoms with E-state index in [1.807, 2.05) is 12.1 Å². The van der Waals surface area contributed by atoms with Gasteiger partial charge in [-0.15, -0.1) is 11.3 Å². The van der Waals surface area contributed by atoms with Crippen molar-refractivity contribution in [3.63, 3.8) is 0 Å². The van der Waals surface area contributed by atoms with Crippen LogP contribution in [-0.4, -0.2) is 16.5 Å². The van der Waals surface area contributed by atoms with E-state index >= 15 is 0 Å². The third kappa shape index (κ3) is 3.45. The Labute approximate surface area is 123 Å². The molecule has 0 bridgehead atoms. The Bertz CT molecular complexity index is 539. The van der Waals surface area contributed by atoms with Crippen LogP contribution in [0.15, 0.2) is 18.5 Å². The molecule has 0 aromatic carbocycles. The van der Waals surface area contributed by atoms with Gasteiger partial charge in [0.15, 0.2) is 0 Å². The molecule has 0 fully saturated rings. The summed E-state index contributed by atoms with van der Waals surface area (Å²) in [7, 11) is 0. The lowest BCUT2D eigenvalue weighted by Crippen LogP contribution is -2.07. The number of nitrogens with one attached hydrogen (secondary N) is 1. The molecule has 102 valence electrons. The maximum Gasteiger partial charge on any atom is 0.133 e. The van der Waals surface area contributed by atoms with Crippen LogP contribution < -0.4 is 5.32 Å². The lowest BCUT2D eigenvalue weighted by molar-refractivity contribution is 0.893. The molecule has 2 aromatic rings. The first-order valence-electron chi connectivity index (χ1n) is 6.59. The third-order valence-electron chi connectivity index (χ3n) is 2.79. The van der Waals surface area contributed by atoms with Gasteiger partial charge in [-0.2, -0.15) is 0 Å². The molecular formula is C14H18ClN3S. The number of anilines is 1. The normalized spacial score (nSPS) is 10.7. The van der Waals surface area contributed by atoms with Crippen molar-refractivity contribution >= 4 is 28.8 Å². The zero-order chi connectivity index (χ0) is 13.7. The van der Waals surface area contributed by atoms with Gasteiger partial charge in [-0.05, 0) is 25.0 Å². The van der Waals surface area contributed by atoms with Crippen LogP contribution in [0.3, 0.4) is 0 Å². The number of thiophene rings is 1. The Balaban J connectivity index is 2.41. The van der Waals surface area contributed by atoms with Crippen LogP contribution in [0, 0.1) is 0 Å². The number of nitrogens with zero attached hydrogens (tertiary/aromatic N) is 2. The van der Waals surface area contributed by atoms with Gasteiger partial charge < -0.3 is 5.32 Å². The molecule has 5 heteroatoms. The second kappa shape index (κ2) is 6.87. The van der Waals surface area contributed by atoms with Gasteiger partial charge in [0.05, 0.1) is 14.9 Å². The van der Waals surface area contributed by atoms with Crippen LogP contribution in [0.25, 0.3) is 10.6 Å². The molecule has 0 saturated carbocycles. The van der Waals surface area contributed by atoms with Crippen LogP contribution >= 0.6 is 22.9 Å². The summed E-state index contributed by atoms with van der Waals surface area (Å²) in [5, 5.41) is 3.39. The second-order valence-electron chi connectivity index (χ2n) is 4.33. The minimum atomic E-state index is 0.791. The molecule has 0 radical (unpaired) electrons. The van der Waals surface area contributed by atoms with Crippen molar-refractivity contribution in [2.45, 2.75) is 33.1 Å². The molecule has 0 aliphatic heterocycles. The topological polar surface area (TPSA) is 37.8 Å². The average Bonchev–Trinajstić information content (AvgIpc) is 2.84. The lowest BCUT2D eigenvalue weighted by atomic mass is 10.1. The van der Waals surface area contributed by atoms with E-state index in [1.165, 1.54) is 5.56 Å². The van der Waals surface area contributed by atoms with Crippen LogP contribution in [-0.2, 0) is 6.42 Å². The largest absolute Gasteiger partial charge is 0.370 e.